The van der Waals surface area contributed by atoms with Crippen LogP contribution in [-0.2, 0) is 21.4 Å². The van der Waals surface area contributed by atoms with Crippen molar-refractivity contribution in [2.75, 3.05) is 20.2 Å². The topological polar surface area (TPSA) is 91.3 Å². The second kappa shape index (κ2) is 7.84. The molecule has 7 atom stereocenters. The van der Waals surface area contributed by atoms with Gasteiger partial charge in [-0.05, 0) is 68.5 Å². The number of phenolic OH excluding ortho intramolecular Hbond substituents is 1. The minimum Gasteiger partial charge on any atom is -0.504 e. The summed E-state index contributed by atoms with van der Waals surface area (Å²) < 4.78 is 13.3. The maximum atomic E-state index is 12.2. The summed E-state index contributed by atoms with van der Waals surface area (Å²) in [5.41, 5.74) is 1.60. The third-order valence-corrected chi connectivity index (χ3v) is 9.96. The van der Waals surface area contributed by atoms with Crippen molar-refractivity contribution in [1.82, 2.24) is 10.2 Å². The number of methoxy groups -OCH3 is 1. The minimum absolute atomic E-state index is 0.0105. The molecule has 0 radical (unpaired) electrons. The number of hydrogen-bond donors (Lipinski definition) is 3. The van der Waals surface area contributed by atoms with E-state index in [1.807, 2.05) is 21.0 Å². The van der Waals surface area contributed by atoms with E-state index in [1.165, 1.54) is 18.4 Å². The van der Waals surface area contributed by atoms with Gasteiger partial charge in [0.05, 0.1) is 11.0 Å². The number of nitrogens with one attached hydrogen (secondary N) is 1. The molecule has 3 N–H and O–H groups in total. The van der Waals surface area contributed by atoms with E-state index in [-0.39, 0.29) is 35.3 Å². The first-order chi connectivity index (χ1) is 16.4. The lowest BCUT2D eigenvalue weighted by Crippen LogP contribution is -2.79. The monoisotopic (exact) mass is 470 g/mol. The number of nitrogens with zero attached hydrogens (tertiary/aromatic N) is 1. The standard InChI is InChI=1S/C27H38N2O5/c1-4-15(2)22(25(31)32)28-18-9-10-27(33-3)20-13-17-7-8-19(30)23-21(17)26(27,24(18)34-23)11-12-29(20)14-16-5-6-16/h7-8,15-16,18,20,22,24,28,30H,4-6,9-14H2,1-3H3,(H,31,32)/t15-,18-,20+,22-,24-,26-,27+/m0/s1. The molecule has 2 heterocycles. The Morgan fingerprint density at radius 2 is 2.12 bits per heavy atom. The number of benzene rings is 1. The van der Waals surface area contributed by atoms with Gasteiger partial charge in [0.1, 0.15) is 12.1 Å². The lowest BCUT2D eigenvalue weighted by molar-refractivity contribution is -0.208. The Kier molecular flexibility index (Phi) is 5.21. The summed E-state index contributed by atoms with van der Waals surface area (Å²) >= 11 is 0. The van der Waals surface area contributed by atoms with Crippen LogP contribution in [0.1, 0.15) is 63.5 Å². The first-order valence-electron chi connectivity index (χ1n) is 13.2. The molecule has 0 amide bonds. The Morgan fingerprint density at radius 3 is 2.79 bits per heavy atom. The van der Waals surface area contributed by atoms with E-state index in [2.05, 4.69) is 16.3 Å². The minimum atomic E-state index is -0.810. The first-order valence-corrected chi connectivity index (χ1v) is 13.2. The SMILES string of the molecule is CC[C@H](C)[C@H](N[C@H]1CC[C@@]2(OC)[C@H]3Cc4ccc(O)c5c4[C@@]2(CCN3CC2CC2)[C@H]1O5)C(=O)O. The Morgan fingerprint density at radius 1 is 1.32 bits per heavy atom. The molecule has 6 rings (SSSR count). The van der Waals surface area contributed by atoms with Gasteiger partial charge in [-0.2, -0.15) is 0 Å². The van der Waals surface area contributed by atoms with E-state index in [4.69, 9.17) is 9.47 Å². The number of hydrogen-bond acceptors (Lipinski definition) is 6. The van der Waals surface area contributed by atoms with E-state index in [0.29, 0.717) is 5.75 Å². The Labute approximate surface area is 201 Å². The fourth-order valence-electron chi connectivity index (χ4n) is 7.99. The summed E-state index contributed by atoms with van der Waals surface area (Å²) in [5, 5.41) is 24.3. The maximum absolute atomic E-state index is 12.2. The predicted octanol–water partition coefficient (Wildman–Crippen LogP) is 3.07. The highest BCUT2D eigenvalue weighted by Crippen LogP contribution is 2.66. The average Bonchev–Trinajstić information content (AvgIpc) is 3.57. The second-order valence-corrected chi connectivity index (χ2v) is 11.5. The largest absolute Gasteiger partial charge is 0.504 e. The summed E-state index contributed by atoms with van der Waals surface area (Å²) in [6.07, 6.45) is 6.63. The molecular weight excluding hydrogens is 432 g/mol. The van der Waals surface area contributed by atoms with Gasteiger partial charge in [0.2, 0.25) is 0 Å². The molecule has 3 fully saturated rings. The molecule has 5 aliphatic rings. The molecular formula is C27H38N2O5. The van der Waals surface area contributed by atoms with Crippen LogP contribution in [0.4, 0.5) is 0 Å². The van der Waals surface area contributed by atoms with Crippen LogP contribution in [0.25, 0.3) is 0 Å². The van der Waals surface area contributed by atoms with Gasteiger partial charge < -0.3 is 19.7 Å². The summed E-state index contributed by atoms with van der Waals surface area (Å²) in [7, 11) is 1.85. The molecule has 34 heavy (non-hydrogen) atoms. The molecule has 7 nitrogen and oxygen atoms in total. The summed E-state index contributed by atoms with van der Waals surface area (Å²) in [6.45, 7) is 6.15. The van der Waals surface area contributed by atoms with Crippen molar-refractivity contribution in [3.05, 3.63) is 23.3 Å². The van der Waals surface area contributed by atoms with E-state index >= 15 is 0 Å². The molecule has 3 aliphatic carbocycles. The van der Waals surface area contributed by atoms with E-state index in [0.717, 1.165) is 56.7 Å². The fraction of sp³-hybridized carbons (Fsp3) is 0.741. The third kappa shape index (κ3) is 2.89. The van der Waals surface area contributed by atoms with Gasteiger partial charge >= 0.3 is 5.97 Å². The van der Waals surface area contributed by atoms with Crippen molar-refractivity contribution in [3.8, 4) is 11.5 Å². The Balaban J connectivity index is 1.45. The van der Waals surface area contributed by atoms with Crippen LogP contribution in [0.3, 0.4) is 0 Å². The number of phenols is 1. The number of carboxylic acid groups (broad SMARTS) is 1. The molecule has 0 unspecified atom stereocenters. The zero-order valence-corrected chi connectivity index (χ0v) is 20.5. The molecule has 7 heteroatoms. The number of rotatable bonds is 8. The summed E-state index contributed by atoms with van der Waals surface area (Å²) in [6, 6.07) is 3.37. The molecule has 1 aromatic carbocycles. The number of carboxylic acids is 1. The van der Waals surface area contributed by atoms with Crippen LogP contribution in [0.5, 0.6) is 11.5 Å². The van der Waals surface area contributed by atoms with Crippen molar-refractivity contribution < 1.29 is 24.5 Å². The zero-order chi connectivity index (χ0) is 23.8. The summed E-state index contributed by atoms with van der Waals surface area (Å²) in [4.78, 5) is 14.8. The highest BCUT2D eigenvalue weighted by atomic mass is 16.5. The highest BCUT2D eigenvalue weighted by Gasteiger charge is 2.74. The molecule has 1 aromatic rings. The van der Waals surface area contributed by atoms with E-state index < -0.39 is 17.6 Å². The second-order valence-electron chi connectivity index (χ2n) is 11.5. The quantitative estimate of drug-likeness (QED) is 0.538. The van der Waals surface area contributed by atoms with Gasteiger partial charge in [-0.15, -0.1) is 0 Å². The fourth-order valence-corrected chi connectivity index (χ4v) is 7.99. The van der Waals surface area contributed by atoms with Gasteiger partial charge in [-0.25, -0.2) is 0 Å². The molecule has 1 saturated heterocycles. The molecule has 2 bridgehead atoms. The van der Waals surface area contributed by atoms with Crippen LogP contribution in [0.2, 0.25) is 0 Å². The molecule has 186 valence electrons. The van der Waals surface area contributed by atoms with E-state index in [1.54, 1.807) is 6.07 Å². The van der Waals surface area contributed by atoms with Crippen molar-refractivity contribution >= 4 is 5.97 Å². The number of carbonyl (C=O) groups is 1. The average molecular weight is 471 g/mol. The Hall–Kier alpha value is -1.83. The van der Waals surface area contributed by atoms with Gasteiger partial charge in [-0.1, -0.05) is 26.3 Å². The Bertz CT molecular complexity index is 995. The van der Waals surface area contributed by atoms with Crippen LogP contribution >= 0.6 is 0 Å². The smallest absolute Gasteiger partial charge is 0.320 e. The van der Waals surface area contributed by atoms with Crippen molar-refractivity contribution in [1.29, 1.82) is 0 Å². The van der Waals surface area contributed by atoms with Crippen LogP contribution < -0.4 is 10.1 Å². The van der Waals surface area contributed by atoms with E-state index in [9.17, 15) is 15.0 Å². The van der Waals surface area contributed by atoms with Gasteiger partial charge in [0, 0.05) is 31.3 Å². The normalized spacial score (nSPS) is 37.6. The molecule has 2 aliphatic heterocycles. The number of ether oxygens (including phenoxy) is 2. The van der Waals surface area contributed by atoms with Crippen molar-refractivity contribution in [2.45, 2.75) is 94.0 Å². The van der Waals surface area contributed by atoms with Crippen molar-refractivity contribution in [2.24, 2.45) is 11.8 Å². The van der Waals surface area contributed by atoms with Gasteiger partial charge in [0.15, 0.2) is 11.5 Å². The zero-order valence-electron chi connectivity index (χ0n) is 20.5. The van der Waals surface area contributed by atoms with Crippen LogP contribution in [0.15, 0.2) is 12.1 Å². The number of likely N-dealkylation sites (tertiary alicyclic amines) is 1. The summed E-state index contributed by atoms with van der Waals surface area (Å²) in [5.74, 6) is 0.788. The van der Waals surface area contributed by atoms with Crippen molar-refractivity contribution in [3.63, 3.8) is 0 Å². The number of aliphatic carboxylic acids is 1. The van der Waals surface area contributed by atoms with Crippen LogP contribution in [0, 0.1) is 11.8 Å². The highest BCUT2D eigenvalue weighted by molar-refractivity contribution is 5.74. The number of aromatic hydroxyl groups is 1. The first kappa shape index (κ1) is 22.6. The van der Waals surface area contributed by atoms with Crippen LogP contribution in [-0.4, -0.2) is 71.1 Å². The lowest BCUT2D eigenvalue weighted by atomic mass is 9.48. The van der Waals surface area contributed by atoms with Gasteiger partial charge in [0.25, 0.3) is 0 Å². The predicted molar refractivity (Wildman–Crippen MR) is 127 cm³/mol. The molecule has 2 saturated carbocycles. The molecule has 0 aromatic heterocycles. The maximum Gasteiger partial charge on any atom is 0.320 e. The van der Waals surface area contributed by atoms with Gasteiger partial charge in [-0.3, -0.25) is 15.0 Å². The number of piperidine rings is 1. The lowest BCUT2D eigenvalue weighted by Gasteiger charge is -2.66. The third-order valence-electron chi connectivity index (χ3n) is 9.96. The molecule has 1 spiro atoms.